The SMILES string of the molecule is CCNc1cc(Nc2ccc(NS(=O)(=O)c3cn(CC)c(C)n3)cc2)nc(C)n1. The van der Waals surface area contributed by atoms with Crippen molar-refractivity contribution < 1.29 is 8.42 Å². The zero-order valence-electron chi connectivity index (χ0n) is 16.9. The highest BCUT2D eigenvalue weighted by molar-refractivity contribution is 7.92. The number of benzene rings is 1. The molecule has 3 aromatic rings. The summed E-state index contributed by atoms with van der Waals surface area (Å²) in [6, 6.07) is 8.74. The molecule has 0 unspecified atom stereocenters. The average molecular weight is 416 g/mol. The maximum atomic E-state index is 12.6. The van der Waals surface area contributed by atoms with Gasteiger partial charge in [0.1, 0.15) is 23.3 Å². The highest BCUT2D eigenvalue weighted by Gasteiger charge is 2.19. The fourth-order valence-electron chi connectivity index (χ4n) is 2.81. The largest absolute Gasteiger partial charge is 0.370 e. The second-order valence-corrected chi connectivity index (χ2v) is 8.07. The second kappa shape index (κ2) is 8.48. The number of aryl methyl sites for hydroxylation is 3. The minimum Gasteiger partial charge on any atom is -0.370 e. The Hall–Kier alpha value is -3.14. The standard InChI is InChI=1S/C19H25N7O2S/c1-5-20-17-11-18(22-13(3)21-17)24-15-7-9-16(10-8-15)25-29(27,28)19-12-26(6-2)14(4)23-19/h7-12,25H,5-6H2,1-4H3,(H2,20,21,22,24). The Labute approximate surface area is 170 Å². The van der Waals surface area contributed by atoms with Gasteiger partial charge in [-0.3, -0.25) is 4.72 Å². The maximum Gasteiger partial charge on any atom is 0.280 e. The molecule has 0 radical (unpaired) electrons. The number of hydrogen-bond donors (Lipinski definition) is 3. The highest BCUT2D eigenvalue weighted by Crippen LogP contribution is 2.21. The average Bonchev–Trinajstić information content (AvgIpc) is 3.05. The monoisotopic (exact) mass is 415 g/mol. The molecule has 0 aliphatic heterocycles. The Morgan fingerprint density at radius 1 is 0.966 bits per heavy atom. The summed E-state index contributed by atoms with van der Waals surface area (Å²) in [5, 5.41) is 6.36. The maximum absolute atomic E-state index is 12.6. The summed E-state index contributed by atoms with van der Waals surface area (Å²) in [5.74, 6) is 2.71. The topological polar surface area (TPSA) is 114 Å². The molecule has 0 aliphatic carbocycles. The van der Waals surface area contributed by atoms with Crippen molar-refractivity contribution in [3.8, 4) is 0 Å². The van der Waals surface area contributed by atoms with E-state index in [4.69, 9.17) is 0 Å². The molecule has 154 valence electrons. The van der Waals surface area contributed by atoms with Gasteiger partial charge in [-0.15, -0.1) is 0 Å². The molecule has 0 aliphatic rings. The van der Waals surface area contributed by atoms with Gasteiger partial charge < -0.3 is 15.2 Å². The summed E-state index contributed by atoms with van der Waals surface area (Å²) >= 11 is 0. The predicted octanol–water partition coefficient (Wildman–Crippen LogP) is 3.29. The number of sulfonamides is 1. The van der Waals surface area contributed by atoms with Crippen LogP contribution >= 0.6 is 0 Å². The van der Waals surface area contributed by atoms with Gasteiger partial charge in [0.2, 0.25) is 0 Å². The van der Waals surface area contributed by atoms with Crippen LogP contribution in [0.3, 0.4) is 0 Å². The molecule has 0 fully saturated rings. The normalized spacial score (nSPS) is 11.3. The third-order valence-electron chi connectivity index (χ3n) is 4.18. The van der Waals surface area contributed by atoms with Crippen molar-refractivity contribution in [2.75, 3.05) is 21.9 Å². The first-order valence-corrected chi connectivity index (χ1v) is 10.8. The van der Waals surface area contributed by atoms with E-state index in [1.807, 2.05) is 26.8 Å². The van der Waals surface area contributed by atoms with E-state index in [9.17, 15) is 8.42 Å². The lowest BCUT2D eigenvalue weighted by Gasteiger charge is -2.10. The lowest BCUT2D eigenvalue weighted by atomic mass is 10.3. The molecule has 1 aromatic carbocycles. The van der Waals surface area contributed by atoms with Crippen LogP contribution in [-0.2, 0) is 16.6 Å². The Morgan fingerprint density at radius 2 is 1.62 bits per heavy atom. The van der Waals surface area contributed by atoms with Crippen LogP contribution in [-0.4, -0.2) is 34.5 Å². The zero-order valence-corrected chi connectivity index (χ0v) is 17.7. The van der Waals surface area contributed by atoms with E-state index in [0.717, 1.165) is 18.1 Å². The van der Waals surface area contributed by atoms with Crippen LogP contribution in [0.4, 0.5) is 23.0 Å². The number of hydrogen-bond acceptors (Lipinski definition) is 7. The molecular formula is C19H25N7O2S. The van der Waals surface area contributed by atoms with Crippen molar-refractivity contribution in [3.63, 3.8) is 0 Å². The fraction of sp³-hybridized carbons (Fsp3) is 0.316. The van der Waals surface area contributed by atoms with Crippen LogP contribution in [0.2, 0.25) is 0 Å². The molecule has 29 heavy (non-hydrogen) atoms. The van der Waals surface area contributed by atoms with Gasteiger partial charge in [0.15, 0.2) is 5.03 Å². The summed E-state index contributed by atoms with van der Waals surface area (Å²) in [4.78, 5) is 12.8. The number of imidazole rings is 1. The van der Waals surface area contributed by atoms with Gasteiger partial charge in [0, 0.05) is 36.7 Å². The van der Waals surface area contributed by atoms with Gasteiger partial charge in [0.25, 0.3) is 10.0 Å². The van der Waals surface area contributed by atoms with Crippen LogP contribution < -0.4 is 15.4 Å². The lowest BCUT2D eigenvalue weighted by molar-refractivity contribution is 0.598. The zero-order chi connectivity index (χ0) is 21.0. The quantitative estimate of drug-likeness (QED) is 0.517. The molecule has 3 rings (SSSR count). The molecule has 2 heterocycles. The molecule has 0 atom stereocenters. The summed E-state index contributed by atoms with van der Waals surface area (Å²) in [7, 11) is -3.75. The van der Waals surface area contributed by atoms with E-state index < -0.39 is 10.0 Å². The lowest BCUT2D eigenvalue weighted by Crippen LogP contribution is -2.13. The van der Waals surface area contributed by atoms with Gasteiger partial charge >= 0.3 is 0 Å². The number of rotatable bonds is 8. The van der Waals surface area contributed by atoms with Crippen molar-refractivity contribution >= 4 is 33.0 Å². The van der Waals surface area contributed by atoms with Gasteiger partial charge in [-0.25, -0.2) is 15.0 Å². The van der Waals surface area contributed by atoms with Crippen molar-refractivity contribution in [1.82, 2.24) is 19.5 Å². The van der Waals surface area contributed by atoms with Crippen LogP contribution in [0.5, 0.6) is 0 Å². The Kier molecular flexibility index (Phi) is 6.02. The summed E-state index contributed by atoms with van der Waals surface area (Å²) < 4.78 is 29.5. The Morgan fingerprint density at radius 3 is 2.24 bits per heavy atom. The van der Waals surface area contributed by atoms with Gasteiger partial charge in [0.05, 0.1) is 0 Å². The first-order valence-electron chi connectivity index (χ1n) is 9.34. The molecule has 9 nitrogen and oxygen atoms in total. The fourth-order valence-corrected chi connectivity index (χ4v) is 3.88. The van der Waals surface area contributed by atoms with Gasteiger partial charge in [-0.1, -0.05) is 0 Å². The molecular weight excluding hydrogens is 390 g/mol. The van der Waals surface area contributed by atoms with Crippen LogP contribution in [0, 0.1) is 13.8 Å². The Bertz CT molecular complexity index is 1090. The van der Waals surface area contributed by atoms with Crippen LogP contribution in [0.25, 0.3) is 0 Å². The smallest absolute Gasteiger partial charge is 0.280 e. The molecule has 0 bridgehead atoms. The van der Waals surface area contributed by atoms with E-state index in [1.165, 1.54) is 6.20 Å². The third-order valence-corrected chi connectivity index (χ3v) is 5.43. The predicted molar refractivity (Wildman–Crippen MR) is 114 cm³/mol. The van der Waals surface area contributed by atoms with Crippen molar-refractivity contribution in [2.45, 2.75) is 39.3 Å². The Balaban J connectivity index is 1.73. The van der Waals surface area contributed by atoms with Crippen molar-refractivity contribution in [2.24, 2.45) is 0 Å². The van der Waals surface area contributed by atoms with E-state index in [-0.39, 0.29) is 5.03 Å². The number of anilines is 4. The van der Waals surface area contributed by atoms with Gasteiger partial charge in [-0.05, 0) is 52.0 Å². The van der Waals surface area contributed by atoms with Crippen LogP contribution in [0.15, 0.2) is 41.6 Å². The number of nitrogens with one attached hydrogen (secondary N) is 3. The second-order valence-electron chi connectivity index (χ2n) is 6.44. The molecule has 3 N–H and O–H groups in total. The van der Waals surface area contributed by atoms with E-state index in [1.54, 1.807) is 35.8 Å². The number of aromatic nitrogens is 4. The van der Waals surface area contributed by atoms with E-state index >= 15 is 0 Å². The minimum absolute atomic E-state index is 0.00599. The highest BCUT2D eigenvalue weighted by atomic mass is 32.2. The summed E-state index contributed by atoms with van der Waals surface area (Å²) in [5.41, 5.74) is 1.23. The first-order chi connectivity index (χ1) is 13.8. The van der Waals surface area contributed by atoms with E-state index in [2.05, 4.69) is 30.3 Å². The molecule has 0 saturated carbocycles. The minimum atomic E-state index is -3.75. The van der Waals surface area contributed by atoms with Crippen LogP contribution in [0.1, 0.15) is 25.5 Å². The summed E-state index contributed by atoms with van der Waals surface area (Å²) in [6.07, 6.45) is 1.53. The van der Waals surface area contributed by atoms with E-state index in [0.29, 0.717) is 29.7 Å². The van der Waals surface area contributed by atoms with Gasteiger partial charge in [-0.2, -0.15) is 8.42 Å². The van der Waals surface area contributed by atoms with Crippen molar-refractivity contribution in [3.05, 3.63) is 48.2 Å². The van der Waals surface area contributed by atoms with Crippen molar-refractivity contribution in [1.29, 1.82) is 0 Å². The molecule has 2 aromatic heterocycles. The third kappa shape index (κ3) is 5.02. The summed E-state index contributed by atoms with van der Waals surface area (Å²) in [6.45, 7) is 8.96. The number of nitrogens with zero attached hydrogens (tertiary/aromatic N) is 4. The molecule has 0 amide bonds. The molecule has 0 spiro atoms. The molecule has 10 heteroatoms. The first kappa shape index (κ1) is 20.6. The molecule has 0 saturated heterocycles.